The van der Waals surface area contributed by atoms with Crippen molar-refractivity contribution in [2.75, 3.05) is 14.2 Å². The molecule has 0 saturated heterocycles. The Hall–Kier alpha value is -3.29. The van der Waals surface area contributed by atoms with Crippen LogP contribution in [0.2, 0.25) is 0 Å². The van der Waals surface area contributed by atoms with Gasteiger partial charge in [-0.15, -0.1) is 0 Å². The molecule has 8 nitrogen and oxygen atoms in total. The lowest BCUT2D eigenvalue weighted by Crippen LogP contribution is -2.42. The number of carbonyl (C=O) groups excluding carboxylic acids is 2. The van der Waals surface area contributed by atoms with Crippen molar-refractivity contribution in [2.24, 2.45) is 0 Å². The first-order chi connectivity index (χ1) is 12.4. The summed E-state index contributed by atoms with van der Waals surface area (Å²) in [7, 11) is 2.80. The van der Waals surface area contributed by atoms with Gasteiger partial charge < -0.3 is 23.7 Å². The molecule has 1 aromatic carbocycles. The number of rotatable bonds is 5. The molecule has 0 aliphatic heterocycles. The van der Waals surface area contributed by atoms with E-state index in [9.17, 15) is 9.59 Å². The van der Waals surface area contributed by atoms with Crippen LogP contribution in [0.25, 0.3) is 11.0 Å². The van der Waals surface area contributed by atoms with Crippen LogP contribution in [0.1, 0.15) is 40.3 Å². The summed E-state index contributed by atoms with van der Waals surface area (Å²) in [5, 5.41) is 7.30. The van der Waals surface area contributed by atoms with Gasteiger partial charge in [-0.25, -0.2) is 4.79 Å². The molecule has 0 bridgehead atoms. The summed E-state index contributed by atoms with van der Waals surface area (Å²) in [4.78, 5) is 24.6. The van der Waals surface area contributed by atoms with Gasteiger partial charge in [-0.1, -0.05) is 5.16 Å². The summed E-state index contributed by atoms with van der Waals surface area (Å²) in [6.07, 6.45) is 2.56. The molecule has 3 aromatic rings. The zero-order chi connectivity index (χ0) is 18.9. The minimum Gasteiger partial charge on any atom is -0.497 e. The number of ether oxygens (including phenoxy) is 2. The van der Waals surface area contributed by atoms with Crippen LogP contribution in [0.5, 0.6) is 5.75 Å². The normalized spacial score (nSPS) is 11.4. The number of carbonyl (C=O) groups is 2. The molecule has 2 aromatic heterocycles. The Balaban J connectivity index is 1.92. The molecule has 2 heterocycles. The fourth-order valence-corrected chi connectivity index (χ4v) is 2.66. The lowest BCUT2D eigenvalue weighted by Gasteiger charge is -2.24. The number of esters is 1. The molecule has 0 unspecified atom stereocenters. The Bertz CT molecular complexity index is 969. The van der Waals surface area contributed by atoms with Gasteiger partial charge in [-0.05, 0) is 32.0 Å². The summed E-state index contributed by atoms with van der Waals surface area (Å²) in [5.74, 6) is -0.375. The largest absolute Gasteiger partial charge is 0.497 e. The first-order valence-corrected chi connectivity index (χ1v) is 7.78. The van der Waals surface area contributed by atoms with Crippen LogP contribution in [0, 0.1) is 0 Å². The number of amides is 1. The molecule has 0 radical (unpaired) electrons. The van der Waals surface area contributed by atoms with Gasteiger partial charge in [0.25, 0.3) is 5.91 Å². The number of hydrogen-bond donors (Lipinski definition) is 1. The molecule has 8 heteroatoms. The molecule has 0 saturated carbocycles. The number of hydrogen-bond acceptors (Lipinski definition) is 7. The summed E-state index contributed by atoms with van der Waals surface area (Å²) in [5.41, 5.74) is 0.330. The third-order valence-electron chi connectivity index (χ3n) is 4.02. The van der Waals surface area contributed by atoms with Crippen molar-refractivity contribution in [3.05, 3.63) is 47.5 Å². The third-order valence-corrected chi connectivity index (χ3v) is 4.02. The second-order valence-electron chi connectivity index (χ2n) is 6.16. The maximum atomic E-state index is 12.8. The van der Waals surface area contributed by atoms with E-state index in [0.717, 1.165) is 0 Å². The molecule has 3 rings (SSSR count). The van der Waals surface area contributed by atoms with Crippen LogP contribution in [0.15, 0.2) is 39.7 Å². The summed E-state index contributed by atoms with van der Waals surface area (Å²) in [6, 6.07) is 5.19. The number of methoxy groups -OCH3 is 2. The molecule has 1 N–H and O–H groups in total. The van der Waals surface area contributed by atoms with E-state index in [4.69, 9.17) is 18.4 Å². The topological polar surface area (TPSA) is 104 Å². The second-order valence-corrected chi connectivity index (χ2v) is 6.16. The quantitative estimate of drug-likeness (QED) is 0.699. The third kappa shape index (κ3) is 3.01. The zero-order valence-electron chi connectivity index (χ0n) is 14.8. The highest BCUT2D eigenvalue weighted by atomic mass is 16.5. The molecule has 26 heavy (non-hydrogen) atoms. The van der Waals surface area contributed by atoms with Crippen molar-refractivity contribution < 1.29 is 28.0 Å². The molecule has 0 atom stereocenters. The fourth-order valence-electron chi connectivity index (χ4n) is 2.66. The van der Waals surface area contributed by atoms with E-state index < -0.39 is 11.5 Å². The summed E-state index contributed by atoms with van der Waals surface area (Å²) < 4.78 is 20.2. The highest BCUT2D eigenvalue weighted by Gasteiger charge is 2.33. The van der Waals surface area contributed by atoms with E-state index in [2.05, 4.69) is 10.5 Å². The van der Waals surface area contributed by atoms with Gasteiger partial charge in [-0.2, -0.15) is 0 Å². The first kappa shape index (κ1) is 17.5. The molecule has 0 fully saturated rings. The molecule has 1 amide bonds. The minimum absolute atomic E-state index is 0.150. The summed E-state index contributed by atoms with van der Waals surface area (Å²) >= 11 is 0. The van der Waals surface area contributed by atoms with E-state index in [-0.39, 0.29) is 17.2 Å². The Morgan fingerprint density at radius 1 is 1.15 bits per heavy atom. The molecular formula is C18H18N2O6. The van der Waals surface area contributed by atoms with Crippen LogP contribution in [-0.4, -0.2) is 31.3 Å². The molecule has 0 aliphatic rings. The SMILES string of the molecule is COC(=O)c1conc1C(C)(C)NC(=O)c1coc2ccc(OC)cc12. The van der Waals surface area contributed by atoms with Gasteiger partial charge in [0.1, 0.15) is 35.1 Å². The van der Waals surface area contributed by atoms with Crippen molar-refractivity contribution in [2.45, 2.75) is 19.4 Å². The van der Waals surface area contributed by atoms with Gasteiger partial charge >= 0.3 is 5.97 Å². The number of nitrogens with one attached hydrogen (secondary N) is 1. The van der Waals surface area contributed by atoms with Crippen LogP contribution in [-0.2, 0) is 10.3 Å². The molecule has 0 aliphatic carbocycles. The predicted octanol–water partition coefficient (Wildman–Crippen LogP) is 2.88. The summed E-state index contributed by atoms with van der Waals surface area (Å²) in [6.45, 7) is 3.41. The van der Waals surface area contributed by atoms with E-state index in [1.807, 2.05) is 0 Å². The number of fused-ring (bicyclic) bond motifs is 1. The number of nitrogens with zero attached hydrogens (tertiary/aromatic N) is 1. The van der Waals surface area contributed by atoms with Crippen molar-refractivity contribution in [3.63, 3.8) is 0 Å². The lowest BCUT2D eigenvalue weighted by atomic mass is 9.96. The zero-order valence-corrected chi connectivity index (χ0v) is 14.8. The number of benzene rings is 1. The number of furan rings is 1. The van der Waals surface area contributed by atoms with Crippen molar-refractivity contribution >= 4 is 22.8 Å². The molecule has 0 spiro atoms. The van der Waals surface area contributed by atoms with Crippen LogP contribution < -0.4 is 10.1 Å². The maximum absolute atomic E-state index is 12.8. The Morgan fingerprint density at radius 3 is 2.62 bits per heavy atom. The van der Waals surface area contributed by atoms with Crippen molar-refractivity contribution in [3.8, 4) is 5.75 Å². The van der Waals surface area contributed by atoms with E-state index in [0.29, 0.717) is 22.3 Å². The fraction of sp³-hybridized carbons (Fsp3) is 0.278. The van der Waals surface area contributed by atoms with Crippen molar-refractivity contribution in [1.29, 1.82) is 0 Å². The average Bonchev–Trinajstić information content (AvgIpc) is 3.27. The van der Waals surface area contributed by atoms with Crippen LogP contribution in [0.4, 0.5) is 0 Å². The van der Waals surface area contributed by atoms with Gasteiger partial charge in [0, 0.05) is 5.39 Å². The highest BCUT2D eigenvalue weighted by Crippen LogP contribution is 2.28. The van der Waals surface area contributed by atoms with Gasteiger partial charge in [0.05, 0.1) is 25.3 Å². The van der Waals surface area contributed by atoms with Crippen molar-refractivity contribution in [1.82, 2.24) is 10.5 Å². The predicted molar refractivity (Wildman–Crippen MR) is 91.1 cm³/mol. The molecule has 136 valence electrons. The standard InChI is InChI=1S/C18H18N2O6/c1-18(2,15-13(9-26-20-15)17(22)24-4)19-16(21)12-8-25-14-6-5-10(23-3)7-11(12)14/h5-9H,1-4H3,(H,19,21). The van der Waals surface area contributed by atoms with Gasteiger partial charge in [-0.3, -0.25) is 4.79 Å². The van der Waals surface area contributed by atoms with E-state index >= 15 is 0 Å². The van der Waals surface area contributed by atoms with E-state index in [1.165, 1.54) is 19.6 Å². The first-order valence-electron chi connectivity index (χ1n) is 7.78. The average molecular weight is 358 g/mol. The Morgan fingerprint density at radius 2 is 1.92 bits per heavy atom. The Kier molecular flexibility index (Phi) is 4.41. The van der Waals surface area contributed by atoms with Crippen LogP contribution in [0.3, 0.4) is 0 Å². The minimum atomic E-state index is -0.990. The van der Waals surface area contributed by atoms with Crippen LogP contribution >= 0.6 is 0 Å². The molecular weight excluding hydrogens is 340 g/mol. The second kappa shape index (κ2) is 6.55. The maximum Gasteiger partial charge on any atom is 0.343 e. The Labute approximate surface area is 149 Å². The van der Waals surface area contributed by atoms with Gasteiger partial charge in [0.2, 0.25) is 0 Å². The monoisotopic (exact) mass is 358 g/mol. The lowest BCUT2D eigenvalue weighted by molar-refractivity contribution is 0.0595. The highest BCUT2D eigenvalue weighted by molar-refractivity contribution is 6.06. The van der Waals surface area contributed by atoms with E-state index in [1.54, 1.807) is 39.2 Å². The number of aromatic nitrogens is 1. The van der Waals surface area contributed by atoms with Gasteiger partial charge in [0.15, 0.2) is 0 Å². The smallest absolute Gasteiger partial charge is 0.343 e.